The molecule has 0 bridgehead atoms. The number of aromatic nitrogens is 2. The Morgan fingerprint density at radius 3 is 2.67 bits per heavy atom. The maximum atomic E-state index is 10.6. The second-order valence-corrected chi connectivity index (χ2v) is 1.67. The molecule has 3 N–H and O–H groups in total. The number of anilines is 1. The van der Waals surface area contributed by atoms with Gasteiger partial charge in [-0.1, -0.05) is 0 Å². The third kappa shape index (κ3) is 3.25. The summed E-state index contributed by atoms with van der Waals surface area (Å²) in [5.41, 5.74) is 4.87. The van der Waals surface area contributed by atoms with Gasteiger partial charge in [0.1, 0.15) is 0 Å². The number of nitrogens with one attached hydrogen (secondary N) is 1. The number of aromatic amines is 1. The van der Waals surface area contributed by atoms with E-state index in [1.807, 2.05) is 0 Å². The Morgan fingerprint density at radius 2 is 2.25 bits per heavy atom. The van der Waals surface area contributed by atoms with Gasteiger partial charge in [0.15, 0.2) is 0 Å². The van der Waals surface area contributed by atoms with Crippen molar-refractivity contribution in [2.45, 2.75) is 0 Å². The van der Waals surface area contributed by atoms with Crippen molar-refractivity contribution in [3.8, 4) is 5.88 Å². The molecule has 0 aromatic carbocycles. The van der Waals surface area contributed by atoms with E-state index in [9.17, 15) is 4.79 Å². The van der Waals surface area contributed by atoms with E-state index >= 15 is 0 Å². The number of H-pyrrole nitrogens is 1. The summed E-state index contributed by atoms with van der Waals surface area (Å²) in [4.78, 5) is 16.5. The molecule has 1 heterocycles. The molecular formula is C6H10ClN3O2. The van der Waals surface area contributed by atoms with Crippen LogP contribution in [0, 0.1) is 0 Å². The van der Waals surface area contributed by atoms with E-state index < -0.39 is 0 Å². The van der Waals surface area contributed by atoms with Crippen LogP contribution in [-0.4, -0.2) is 23.5 Å². The highest BCUT2D eigenvalue weighted by molar-refractivity contribution is 6.15. The molecule has 5 nitrogen and oxygen atoms in total. The Labute approximate surface area is 74.5 Å². The lowest BCUT2D eigenvalue weighted by molar-refractivity contribution is 0.397. The molecule has 12 heavy (non-hydrogen) atoms. The molecule has 1 aromatic heterocycles. The molecule has 0 aliphatic heterocycles. The van der Waals surface area contributed by atoms with Crippen LogP contribution in [0.15, 0.2) is 10.9 Å². The molecule has 0 atom stereocenters. The van der Waals surface area contributed by atoms with Crippen molar-refractivity contribution < 1.29 is 4.74 Å². The predicted octanol–water partition coefficient (Wildman–Crippen LogP) is 0.216. The lowest BCUT2D eigenvalue weighted by Crippen LogP contribution is -2.10. The Bertz CT molecular complexity index is 286. The SMILES string of the molecule is CCl.COc1cc(=O)[nH]c(N)n1. The smallest absolute Gasteiger partial charge is 0.256 e. The summed E-state index contributed by atoms with van der Waals surface area (Å²) in [6, 6.07) is 1.22. The van der Waals surface area contributed by atoms with Gasteiger partial charge < -0.3 is 10.5 Å². The Hall–Kier alpha value is -1.23. The molecule has 6 heteroatoms. The zero-order chi connectivity index (χ0) is 9.56. The average Bonchev–Trinajstić information content (AvgIpc) is 2.06. The molecule has 0 aliphatic carbocycles. The average molecular weight is 192 g/mol. The van der Waals surface area contributed by atoms with Crippen LogP contribution in [0.5, 0.6) is 5.88 Å². The fraction of sp³-hybridized carbons (Fsp3) is 0.333. The van der Waals surface area contributed by atoms with Gasteiger partial charge >= 0.3 is 0 Å². The first-order chi connectivity index (χ1) is 5.72. The topological polar surface area (TPSA) is 81.0 Å². The van der Waals surface area contributed by atoms with Crippen molar-refractivity contribution in [2.75, 3.05) is 19.2 Å². The highest BCUT2D eigenvalue weighted by atomic mass is 35.5. The number of nitrogens with zero attached hydrogens (tertiary/aromatic N) is 1. The summed E-state index contributed by atoms with van der Waals surface area (Å²) < 4.78 is 4.66. The Balaban J connectivity index is 0.000000561. The molecule has 1 rings (SSSR count). The van der Waals surface area contributed by atoms with E-state index in [1.54, 1.807) is 0 Å². The van der Waals surface area contributed by atoms with Gasteiger partial charge in [-0.15, -0.1) is 11.6 Å². The Morgan fingerprint density at radius 1 is 1.67 bits per heavy atom. The minimum Gasteiger partial charge on any atom is -0.481 e. The van der Waals surface area contributed by atoms with Gasteiger partial charge in [0.25, 0.3) is 5.56 Å². The zero-order valence-electron chi connectivity index (χ0n) is 6.80. The highest BCUT2D eigenvalue weighted by Gasteiger charge is 1.94. The van der Waals surface area contributed by atoms with E-state index in [4.69, 9.17) is 5.73 Å². The van der Waals surface area contributed by atoms with Gasteiger partial charge in [0, 0.05) is 6.38 Å². The summed E-state index contributed by atoms with van der Waals surface area (Å²) in [6.45, 7) is 0. The lowest BCUT2D eigenvalue weighted by atomic mass is 10.6. The first-order valence-electron chi connectivity index (χ1n) is 3.01. The number of alkyl halides is 1. The summed E-state index contributed by atoms with van der Waals surface area (Å²) >= 11 is 4.64. The third-order valence-electron chi connectivity index (χ3n) is 0.946. The summed E-state index contributed by atoms with van der Waals surface area (Å²) in [5.74, 6) is 0.283. The maximum Gasteiger partial charge on any atom is 0.256 e. The van der Waals surface area contributed by atoms with Crippen molar-refractivity contribution in [3.05, 3.63) is 16.4 Å². The van der Waals surface area contributed by atoms with Crippen molar-refractivity contribution in [1.29, 1.82) is 0 Å². The fourth-order valence-corrected chi connectivity index (χ4v) is 0.558. The Kier molecular flexibility index (Phi) is 4.87. The molecule has 0 amide bonds. The quantitative estimate of drug-likeness (QED) is 0.622. The number of ether oxygens (including phenoxy) is 1. The highest BCUT2D eigenvalue weighted by Crippen LogP contribution is 1.99. The summed E-state index contributed by atoms with van der Waals surface area (Å²) in [5, 5.41) is 0. The normalized spacial score (nSPS) is 8.25. The van der Waals surface area contributed by atoms with Crippen LogP contribution in [0.25, 0.3) is 0 Å². The minimum atomic E-state index is -0.315. The predicted molar refractivity (Wildman–Crippen MR) is 47.6 cm³/mol. The molecule has 0 aliphatic rings. The minimum absolute atomic E-state index is 0.0596. The van der Waals surface area contributed by atoms with Crippen molar-refractivity contribution in [3.63, 3.8) is 0 Å². The summed E-state index contributed by atoms with van der Waals surface area (Å²) in [6.07, 6.45) is 1.47. The number of methoxy groups -OCH3 is 1. The second kappa shape index (κ2) is 5.42. The summed E-state index contributed by atoms with van der Waals surface area (Å²) in [7, 11) is 1.42. The molecule has 0 radical (unpaired) electrons. The van der Waals surface area contributed by atoms with Crippen LogP contribution < -0.4 is 16.0 Å². The number of nitrogen functional groups attached to an aromatic ring is 1. The van der Waals surface area contributed by atoms with Crippen LogP contribution in [0.4, 0.5) is 5.95 Å². The van der Waals surface area contributed by atoms with E-state index in [2.05, 4.69) is 26.3 Å². The maximum absolute atomic E-state index is 10.6. The van der Waals surface area contributed by atoms with Crippen molar-refractivity contribution in [2.24, 2.45) is 0 Å². The first kappa shape index (κ1) is 10.8. The van der Waals surface area contributed by atoms with Crippen LogP contribution in [0.2, 0.25) is 0 Å². The monoisotopic (exact) mass is 191 g/mol. The van der Waals surface area contributed by atoms with E-state index in [0.717, 1.165) is 0 Å². The number of halogens is 1. The molecule has 68 valence electrons. The fourth-order valence-electron chi connectivity index (χ4n) is 0.558. The molecule has 0 spiro atoms. The number of hydrogen-bond donors (Lipinski definition) is 2. The first-order valence-corrected chi connectivity index (χ1v) is 3.76. The van der Waals surface area contributed by atoms with Crippen LogP contribution >= 0.6 is 11.6 Å². The van der Waals surface area contributed by atoms with Crippen LogP contribution in [0.3, 0.4) is 0 Å². The van der Waals surface area contributed by atoms with E-state index in [-0.39, 0.29) is 17.4 Å². The molecule has 0 unspecified atom stereocenters. The molecule has 1 aromatic rings. The lowest BCUT2D eigenvalue weighted by Gasteiger charge is -1.96. The van der Waals surface area contributed by atoms with Gasteiger partial charge in [-0.25, -0.2) is 0 Å². The van der Waals surface area contributed by atoms with E-state index in [1.165, 1.54) is 19.6 Å². The molecule has 0 saturated carbocycles. The van der Waals surface area contributed by atoms with Gasteiger partial charge in [0.05, 0.1) is 13.2 Å². The number of nitrogens with two attached hydrogens (primary N) is 1. The van der Waals surface area contributed by atoms with Crippen LogP contribution in [0.1, 0.15) is 0 Å². The molecule has 0 saturated heterocycles. The largest absolute Gasteiger partial charge is 0.481 e. The number of rotatable bonds is 1. The number of hydrogen-bond acceptors (Lipinski definition) is 4. The van der Waals surface area contributed by atoms with Gasteiger partial charge in [-0.05, 0) is 0 Å². The second-order valence-electron chi connectivity index (χ2n) is 1.67. The molecule has 0 fully saturated rings. The van der Waals surface area contributed by atoms with Gasteiger partial charge in [-0.2, -0.15) is 4.98 Å². The van der Waals surface area contributed by atoms with Crippen molar-refractivity contribution in [1.82, 2.24) is 9.97 Å². The van der Waals surface area contributed by atoms with E-state index in [0.29, 0.717) is 0 Å². The zero-order valence-corrected chi connectivity index (χ0v) is 7.55. The van der Waals surface area contributed by atoms with Gasteiger partial charge in [-0.3, -0.25) is 9.78 Å². The third-order valence-corrected chi connectivity index (χ3v) is 0.946. The molecular weight excluding hydrogens is 182 g/mol. The van der Waals surface area contributed by atoms with Crippen molar-refractivity contribution >= 4 is 17.5 Å². The standard InChI is InChI=1S/C5H7N3O2.CH3Cl/c1-10-4-2-3(9)7-5(6)8-4;1-2/h2H,1H3,(H3,6,7,8,9);1H3. The van der Waals surface area contributed by atoms with Gasteiger partial charge in [0.2, 0.25) is 11.8 Å². The van der Waals surface area contributed by atoms with Crippen LogP contribution in [-0.2, 0) is 0 Å².